The summed E-state index contributed by atoms with van der Waals surface area (Å²) in [6.45, 7) is 0.334. The van der Waals surface area contributed by atoms with E-state index in [4.69, 9.17) is 5.11 Å². The van der Waals surface area contributed by atoms with Crippen molar-refractivity contribution >= 4 is 5.97 Å². The number of aliphatic carboxylic acids is 1. The summed E-state index contributed by atoms with van der Waals surface area (Å²) in [6.07, 6.45) is 0.323. The third-order valence-electron chi connectivity index (χ3n) is 2.56. The highest BCUT2D eigenvalue weighted by Gasteiger charge is 2.36. The molecule has 1 saturated heterocycles. The molecule has 0 aromatic carbocycles. The molecule has 0 saturated carbocycles. The Morgan fingerprint density at radius 2 is 2.33 bits per heavy atom. The summed E-state index contributed by atoms with van der Waals surface area (Å²) in [6, 6.07) is -0.779. The molecule has 2 N–H and O–H groups in total. The minimum absolute atomic E-state index is 0.0964. The second-order valence-corrected chi connectivity index (χ2v) is 3.87. The van der Waals surface area contributed by atoms with E-state index in [2.05, 4.69) is 5.32 Å². The number of alkyl halides is 2. The molecule has 15 heavy (non-hydrogen) atoms. The van der Waals surface area contributed by atoms with E-state index in [1.807, 2.05) is 0 Å². The molecule has 88 valence electrons. The molecule has 1 rings (SSSR count). The van der Waals surface area contributed by atoms with E-state index >= 15 is 0 Å². The van der Waals surface area contributed by atoms with Crippen molar-refractivity contribution in [3.63, 3.8) is 0 Å². The average Bonchev–Trinajstić information content (AvgIpc) is 2.12. The second-order valence-electron chi connectivity index (χ2n) is 3.87. The van der Waals surface area contributed by atoms with Crippen molar-refractivity contribution in [2.75, 3.05) is 26.7 Å². The van der Waals surface area contributed by atoms with Gasteiger partial charge in [-0.1, -0.05) is 0 Å². The maximum absolute atomic E-state index is 13.0. The minimum atomic E-state index is -2.67. The topological polar surface area (TPSA) is 52.6 Å². The molecule has 0 aromatic heterocycles. The summed E-state index contributed by atoms with van der Waals surface area (Å²) in [5, 5.41) is 11.3. The zero-order valence-electron chi connectivity index (χ0n) is 8.67. The van der Waals surface area contributed by atoms with E-state index in [0.717, 1.165) is 0 Å². The van der Waals surface area contributed by atoms with E-state index in [-0.39, 0.29) is 19.5 Å². The van der Waals surface area contributed by atoms with Crippen molar-refractivity contribution in [2.45, 2.75) is 24.8 Å². The van der Waals surface area contributed by atoms with Crippen molar-refractivity contribution in [3.8, 4) is 0 Å². The molecule has 1 unspecified atom stereocenters. The smallest absolute Gasteiger partial charge is 0.322 e. The van der Waals surface area contributed by atoms with E-state index in [0.29, 0.717) is 13.0 Å². The van der Waals surface area contributed by atoms with Gasteiger partial charge in [-0.3, -0.25) is 9.69 Å². The van der Waals surface area contributed by atoms with Gasteiger partial charge in [0.15, 0.2) is 0 Å². The van der Waals surface area contributed by atoms with Gasteiger partial charge in [0, 0.05) is 13.0 Å². The molecule has 4 nitrogen and oxygen atoms in total. The molecule has 1 aliphatic rings. The maximum atomic E-state index is 13.0. The summed E-state index contributed by atoms with van der Waals surface area (Å²) in [5.41, 5.74) is 0. The van der Waals surface area contributed by atoms with E-state index in [1.165, 1.54) is 11.9 Å². The third-order valence-corrected chi connectivity index (χ3v) is 2.56. The van der Waals surface area contributed by atoms with Crippen LogP contribution in [0.15, 0.2) is 0 Å². The van der Waals surface area contributed by atoms with Crippen LogP contribution in [-0.2, 0) is 4.79 Å². The summed E-state index contributed by atoms with van der Waals surface area (Å²) in [4.78, 5) is 12.2. The molecule has 0 aromatic rings. The Morgan fingerprint density at radius 1 is 1.67 bits per heavy atom. The number of rotatable bonds is 4. The van der Waals surface area contributed by atoms with Crippen molar-refractivity contribution in [3.05, 3.63) is 0 Å². The molecule has 1 atom stereocenters. The number of carbonyl (C=O) groups is 1. The van der Waals surface area contributed by atoms with Gasteiger partial charge in [0.25, 0.3) is 5.92 Å². The van der Waals surface area contributed by atoms with Gasteiger partial charge in [0.2, 0.25) is 0 Å². The van der Waals surface area contributed by atoms with Gasteiger partial charge in [-0.25, -0.2) is 8.78 Å². The van der Waals surface area contributed by atoms with Gasteiger partial charge in [-0.15, -0.1) is 0 Å². The molecule has 6 heteroatoms. The van der Waals surface area contributed by atoms with Gasteiger partial charge in [0.1, 0.15) is 6.04 Å². The van der Waals surface area contributed by atoms with Gasteiger partial charge < -0.3 is 10.4 Å². The maximum Gasteiger partial charge on any atom is 0.322 e. The van der Waals surface area contributed by atoms with Crippen LogP contribution in [0.25, 0.3) is 0 Å². The molecule has 1 aliphatic heterocycles. The second kappa shape index (κ2) is 4.85. The first kappa shape index (κ1) is 12.3. The fourth-order valence-corrected chi connectivity index (χ4v) is 1.75. The quantitative estimate of drug-likeness (QED) is 0.722. The van der Waals surface area contributed by atoms with Crippen LogP contribution in [0.2, 0.25) is 0 Å². The fourth-order valence-electron chi connectivity index (χ4n) is 1.75. The Kier molecular flexibility index (Phi) is 3.98. The lowest BCUT2D eigenvalue weighted by Gasteiger charge is -2.33. The van der Waals surface area contributed by atoms with Crippen LogP contribution in [-0.4, -0.2) is 54.6 Å². The number of carboxylic acids is 1. The molecule has 1 fully saturated rings. The highest BCUT2D eigenvalue weighted by molar-refractivity contribution is 5.73. The predicted octanol–water partition coefficient (Wildman–Crippen LogP) is 0.390. The van der Waals surface area contributed by atoms with Crippen LogP contribution in [0.4, 0.5) is 8.78 Å². The summed E-state index contributed by atoms with van der Waals surface area (Å²) in [5.74, 6) is -3.68. The number of likely N-dealkylation sites (tertiary alicyclic amines) is 1. The van der Waals surface area contributed by atoms with Crippen LogP contribution in [0, 0.1) is 0 Å². The van der Waals surface area contributed by atoms with Crippen molar-refractivity contribution in [1.29, 1.82) is 0 Å². The Bertz CT molecular complexity index is 236. The van der Waals surface area contributed by atoms with Crippen molar-refractivity contribution in [2.24, 2.45) is 0 Å². The largest absolute Gasteiger partial charge is 0.480 e. The molecule has 1 heterocycles. The van der Waals surface area contributed by atoms with Gasteiger partial charge in [-0.05, 0) is 20.0 Å². The molecular weight excluding hydrogens is 206 g/mol. The van der Waals surface area contributed by atoms with Crippen LogP contribution in [0.5, 0.6) is 0 Å². The Morgan fingerprint density at radius 3 is 2.80 bits per heavy atom. The Hall–Kier alpha value is -0.750. The number of halogens is 2. The Balaban J connectivity index is 2.47. The number of nitrogens with one attached hydrogen (secondary N) is 1. The predicted molar refractivity (Wildman–Crippen MR) is 51.1 cm³/mol. The fraction of sp³-hybridized carbons (Fsp3) is 0.889. The number of nitrogens with zero attached hydrogens (tertiary/aromatic N) is 1. The number of likely N-dealkylation sites (N-methyl/N-ethyl adjacent to an activating group) is 1. The van der Waals surface area contributed by atoms with Gasteiger partial charge >= 0.3 is 5.97 Å². The monoisotopic (exact) mass is 222 g/mol. The van der Waals surface area contributed by atoms with Crippen LogP contribution < -0.4 is 5.32 Å². The van der Waals surface area contributed by atoms with Crippen molar-refractivity contribution < 1.29 is 18.7 Å². The normalized spacial score (nSPS) is 23.7. The number of hydrogen-bond donors (Lipinski definition) is 2. The number of piperidine rings is 1. The average molecular weight is 222 g/mol. The van der Waals surface area contributed by atoms with Crippen molar-refractivity contribution in [1.82, 2.24) is 10.2 Å². The number of carboxylic acid groups (broad SMARTS) is 1. The highest BCUT2D eigenvalue weighted by atomic mass is 19.3. The van der Waals surface area contributed by atoms with Gasteiger partial charge in [0.05, 0.1) is 6.54 Å². The third kappa shape index (κ3) is 3.71. The first-order valence-corrected chi connectivity index (χ1v) is 4.95. The summed E-state index contributed by atoms with van der Waals surface area (Å²) >= 11 is 0. The van der Waals surface area contributed by atoms with Crippen LogP contribution in [0.1, 0.15) is 12.8 Å². The molecule has 0 spiro atoms. The molecular formula is C9H16F2N2O2. The van der Waals surface area contributed by atoms with E-state index < -0.39 is 17.9 Å². The SMILES string of the molecule is CNC(CN1CCCC(F)(F)C1)C(=O)O. The summed E-state index contributed by atoms with van der Waals surface area (Å²) in [7, 11) is 1.51. The molecule has 0 amide bonds. The standard InChI is InChI=1S/C9H16F2N2O2/c1-12-7(8(14)15)5-13-4-2-3-9(10,11)6-13/h7,12H,2-6H2,1H3,(H,14,15). The Labute approximate surface area is 87.2 Å². The van der Waals surface area contributed by atoms with E-state index in [1.54, 1.807) is 0 Å². The minimum Gasteiger partial charge on any atom is -0.480 e. The lowest BCUT2D eigenvalue weighted by Crippen LogP contribution is -2.50. The summed E-state index contributed by atoms with van der Waals surface area (Å²) < 4.78 is 26.0. The lowest BCUT2D eigenvalue weighted by molar-refractivity contribution is -0.140. The molecule has 0 radical (unpaired) electrons. The van der Waals surface area contributed by atoms with E-state index in [9.17, 15) is 13.6 Å². The van der Waals surface area contributed by atoms with Crippen LogP contribution in [0.3, 0.4) is 0 Å². The number of hydrogen-bond acceptors (Lipinski definition) is 3. The molecule has 0 aliphatic carbocycles. The first-order chi connectivity index (χ1) is 6.94. The highest BCUT2D eigenvalue weighted by Crippen LogP contribution is 2.26. The molecule has 0 bridgehead atoms. The van der Waals surface area contributed by atoms with Crippen LogP contribution >= 0.6 is 0 Å². The van der Waals surface area contributed by atoms with Gasteiger partial charge in [-0.2, -0.15) is 0 Å². The zero-order chi connectivity index (χ0) is 11.5. The first-order valence-electron chi connectivity index (χ1n) is 4.95. The zero-order valence-corrected chi connectivity index (χ0v) is 8.67. The lowest BCUT2D eigenvalue weighted by atomic mass is 10.1.